The number of para-hydroxylation sites is 1. The van der Waals surface area contributed by atoms with Crippen LogP contribution in [0.2, 0.25) is 0 Å². The number of aryl methyl sites for hydroxylation is 2. The van der Waals surface area contributed by atoms with E-state index >= 15 is 0 Å². The quantitative estimate of drug-likeness (QED) is 0.830. The molecule has 0 radical (unpaired) electrons. The van der Waals surface area contributed by atoms with Gasteiger partial charge in [0.05, 0.1) is 0 Å². The van der Waals surface area contributed by atoms with E-state index in [1.165, 1.54) is 11.1 Å². The molecule has 0 saturated heterocycles. The summed E-state index contributed by atoms with van der Waals surface area (Å²) >= 11 is 0. The lowest BCUT2D eigenvalue weighted by atomic mass is 10.1. The average Bonchev–Trinajstić information content (AvgIpc) is 2.49. The Labute approximate surface area is 127 Å². The molecule has 0 spiro atoms. The summed E-state index contributed by atoms with van der Waals surface area (Å²) in [6.07, 6.45) is 3.82. The molecule has 1 unspecified atom stereocenters. The third-order valence-corrected chi connectivity index (χ3v) is 3.64. The van der Waals surface area contributed by atoms with Crippen LogP contribution in [0.5, 0.6) is 0 Å². The van der Waals surface area contributed by atoms with Gasteiger partial charge in [-0.25, -0.2) is 4.98 Å². The van der Waals surface area contributed by atoms with Crippen LogP contribution < -0.4 is 10.6 Å². The van der Waals surface area contributed by atoms with Gasteiger partial charge in [0.25, 0.3) is 0 Å². The summed E-state index contributed by atoms with van der Waals surface area (Å²) in [5.74, 6) is 1.49. The van der Waals surface area contributed by atoms with Crippen LogP contribution in [0.15, 0.2) is 30.5 Å². The molecule has 0 saturated carbocycles. The Balaban J connectivity index is 2.22. The van der Waals surface area contributed by atoms with Crippen molar-refractivity contribution in [3.05, 3.63) is 41.6 Å². The zero-order valence-electron chi connectivity index (χ0n) is 13.3. The first-order valence-corrected chi connectivity index (χ1v) is 7.59. The maximum atomic E-state index is 4.54. The zero-order chi connectivity index (χ0) is 15.2. The molecule has 0 fully saturated rings. The third-order valence-electron chi connectivity index (χ3n) is 3.64. The second-order valence-electron chi connectivity index (χ2n) is 5.31. The van der Waals surface area contributed by atoms with E-state index in [1.807, 2.05) is 6.07 Å². The molecule has 0 bridgehead atoms. The summed E-state index contributed by atoms with van der Waals surface area (Å²) in [4.78, 5) is 8.81. The minimum Gasteiger partial charge on any atom is -0.352 e. The predicted octanol–water partition coefficient (Wildman–Crippen LogP) is 4.30. The van der Waals surface area contributed by atoms with Gasteiger partial charge in [0, 0.05) is 17.9 Å². The maximum absolute atomic E-state index is 4.54. The summed E-state index contributed by atoms with van der Waals surface area (Å²) in [6, 6.07) is 8.61. The average molecular weight is 284 g/mol. The van der Waals surface area contributed by atoms with Crippen LogP contribution in [-0.2, 0) is 6.42 Å². The van der Waals surface area contributed by atoms with Gasteiger partial charge in [-0.15, -0.1) is 0 Å². The third kappa shape index (κ3) is 3.94. The van der Waals surface area contributed by atoms with Crippen LogP contribution >= 0.6 is 0 Å². The van der Waals surface area contributed by atoms with Crippen molar-refractivity contribution in [2.45, 2.75) is 46.6 Å². The fourth-order valence-electron chi connectivity index (χ4n) is 2.15. The van der Waals surface area contributed by atoms with Crippen LogP contribution in [0.1, 0.15) is 38.3 Å². The Hall–Kier alpha value is -2.10. The molecule has 21 heavy (non-hydrogen) atoms. The second kappa shape index (κ2) is 7.07. The first kappa shape index (κ1) is 15.3. The first-order chi connectivity index (χ1) is 10.1. The number of benzene rings is 1. The number of hydrogen-bond donors (Lipinski definition) is 2. The van der Waals surface area contributed by atoms with E-state index in [0.717, 1.165) is 24.3 Å². The molecule has 4 heteroatoms. The van der Waals surface area contributed by atoms with Crippen LogP contribution in [0.25, 0.3) is 0 Å². The van der Waals surface area contributed by atoms with Gasteiger partial charge in [0.1, 0.15) is 5.82 Å². The molecule has 2 N–H and O–H groups in total. The lowest BCUT2D eigenvalue weighted by Gasteiger charge is -2.15. The molecule has 1 atom stereocenters. The summed E-state index contributed by atoms with van der Waals surface area (Å²) in [7, 11) is 0. The fraction of sp³-hybridized carbons (Fsp3) is 0.412. The highest BCUT2D eigenvalue weighted by molar-refractivity contribution is 5.65. The Morgan fingerprint density at radius 2 is 2.00 bits per heavy atom. The van der Waals surface area contributed by atoms with E-state index in [1.54, 1.807) is 6.20 Å². The summed E-state index contributed by atoms with van der Waals surface area (Å²) < 4.78 is 0. The second-order valence-corrected chi connectivity index (χ2v) is 5.31. The molecule has 4 nitrogen and oxygen atoms in total. The maximum Gasteiger partial charge on any atom is 0.224 e. The molecule has 1 heterocycles. The minimum absolute atomic E-state index is 0.366. The molecule has 0 aliphatic carbocycles. The van der Waals surface area contributed by atoms with Gasteiger partial charge in [0.2, 0.25) is 5.95 Å². The van der Waals surface area contributed by atoms with Crippen molar-refractivity contribution in [3.8, 4) is 0 Å². The van der Waals surface area contributed by atoms with Gasteiger partial charge in [0.15, 0.2) is 0 Å². The number of hydrogen-bond acceptors (Lipinski definition) is 4. The highest BCUT2D eigenvalue weighted by atomic mass is 15.1. The Kier molecular flexibility index (Phi) is 5.14. The van der Waals surface area contributed by atoms with Crippen molar-refractivity contribution in [1.82, 2.24) is 9.97 Å². The summed E-state index contributed by atoms with van der Waals surface area (Å²) in [6.45, 7) is 8.54. The molecule has 2 rings (SSSR count). The monoisotopic (exact) mass is 284 g/mol. The van der Waals surface area contributed by atoms with Crippen LogP contribution in [-0.4, -0.2) is 16.0 Å². The van der Waals surface area contributed by atoms with Crippen LogP contribution in [0.4, 0.5) is 17.5 Å². The highest BCUT2D eigenvalue weighted by Crippen LogP contribution is 2.24. The van der Waals surface area contributed by atoms with Gasteiger partial charge in [-0.2, -0.15) is 4.98 Å². The molecular formula is C17H24N4. The van der Waals surface area contributed by atoms with E-state index in [0.29, 0.717) is 12.0 Å². The Bertz CT molecular complexity index is 595. The molecule has 0 aliphatic rings. The molecule has 0 amide bonds. The van der Waals surface area contributed by atoms with Crippen molar-refractivity contribution < 1.29 is 0 Å². The minimum atomic E-state index is 0.366. The number of nitrogens with one attached hydrogen (secondary N) is 2. The molecule has 112 valence electrons. The topological polar surface area (TPSA) is 49.8 Å². The van der Waals surface area contributed by atoms with Gasteiger partial charge in [-0.05, 0) is 43.9 Å². The van der Waals surface area contributed by atoms with Gasteiger partial charge < -0.3 is 10.6 Å². The van der Waals surface area contributed by atoms with E-state index in [4.69, 9.17) is 0 Å². The van der Waals surface area contributed by atoms with Crippen molar-refractivity contribution in [1.29, 1.82) is 0 Å². The van der Waals surface area contributed by atoms with Crippen LogP contribution in [0.3, 0.4) is 0 Å². The molecule has 1 aromatic heterocycles. The van der Waals surface area contributed by atoms with E-state index in [2.05, 4.69) is 66.5 Å². The molecule has 2 aromatic rings. The van der Waals surface area contributed by atoms with Crippen molar-refractivity contribution >= 4 is 17.5 Å². The lowest BCUT2D eigenvalue weighted by molar-refractivity contribution is 0.753. The number of nitrogens with zero attached hydrogens (tertiary/aromatic N) is 2. The van der Waals surface area contributed by atoms with Crippen molar-refractivity contribution in [2.75, 3.05) is 10.6 Å². The molecular weight excluding hydrogens is 260 g/mol. The van der Waals surface area contributed by atoms with E-state index in [-0.39, 0.29) is 0 Å². The first-order valence-electron chi connectivity index (χ1n) is 7.59. The highest BCUT2D eigenvalue weighted by Gasteiger charge is 2.07. The molecule has 0 aliphatic heterocycles. The number of rotatable bonds is 6. The van der Waals surface area contributed by atoms with Gasteiger partial charge in [-0.3, -0.25) is 0 Å². The number of anilines is 3. The lowest BCUT2D eigenvalue weighted by Crippen LogP contribution is -2.16. The standard InChI is InChI=1S/C17H24N4/c1-5-13(4)19-17-18-11-10-15(21-17)20-16-12(3)8-7-9-14(16)6-2/h7-11,13H,5-6H2,1-4H3,(H2,18,19,20,21). The Morgan fingerprint density at radius 1 is 1.19 bits per heavy atom. The molecule has 1 aromatic carbocycles. The largest absolute Gasteiger partial charge is 0.352 e. The van der Waals surface area contributed by atoms with E-state index < -0.39 is 0 Å². The smallest absolute Gasteiger partial charge is 0.224 e. The normalized spacial score (nSPS) is 12.0. The SMILES string of the molecule is CCc1cccc(C)c1Nc1ccnc(NC(C)CC)n1. The van der Waals surface area contributed by atoms with Gasteiger partial charge >= 0.3 is 0 Å². The van der Waals surface area contributed by atoms with Crippen LogP contribution in [0, 0.1) is 6.92 Å². The van der Waals surface area contributed by atoms with Crippen molar-refractivity contribution in [3.63, 3.8) is 0 Å². The summed E-state index contributed by atoms with van der Waals surface area (Å²) in [5, 5.41) is 6.73. The van der Waals surface area contributed by atoms with Gasteiger partial charge in [-0.1, -0.05) is 32.0 Å². The Morgan fingerprint density at radius 3 is 2.71 bits per heavy atom. The zero-order valence-corrected chi connectivity index (χ0v) is 13.3. The number of aromatic nitrogens is 2. The van der Waals surface area contributed by atoms with E-state index in [9.17, 15) is 0 Å². The fourth-order valence-corrected chi connectivity index (χ4v) is 2.15. The van der Waals surface area contributed by atoms with Crippen molar-refractivity contribution in [2.24, 2.45) is 0 Å². The summed E-state index contributed by atoms with van der Waals surface area (Å²) in [5.41, 5.74) is 3.67. The predicted molar refractivity (Wildman–Crippen MR) is 89.2 cm³/mol.